The van der Waals surface area contributed by atoms with E-state index in [9.17, 15) is 4.79 Å². The second-order valence-electron chi connectivity index (χ2n) is 8.25. The van der Waals surface area contributed by atoms with E-state index < -0.39 is 0 Å². The molecule has 1 aromatic heterocycles. The quantitative estimate of drug-likeness (QED) is 0.406. The van der Waals surface area contributed by atoms with E-state index in [1.54, 1.807) is 0 Å². The molecule has 1 saturated heterocycles. The van der Waals surface area contributed by atoms with E-state index in [0.29, 0.717) is 19.6 Å². The molecule has 0 N–H and O–H groups in total. The van der Waals surface area contributed by atoms with Crippen LogP contribution in [0.2, 0.25) is 0 Å². The molecule has 0 aliphatic carbocycles. The number of imidazole rings is 1. The van der Waals surface area contributed by atoms with Crippen LogP contribution in [-0.4, -0.2) is 28.6 Å². The van der Waals surface area contributed by atoms with Crippen molar-refractivity contribution in [1.82, 2.24) is 9.55 Å². The maximum atomic E-state index is 13.0. The molecule has 1 amide bonds. The van der Waals surface area contributed by atoms with Crippen molar-refractivity contribution in [3.8, 4) is 5.75 Å². The number of carbonyl (C=O) groups is 1. The average molecular weight is 426 g/mol. The van der Waals surface area contributed by atoms with Crippen molar-refractivity contribution in [3.05, 3.63) is 90.3 Å². The van der Waals surface area contributed by atoms with Gasteiger partial charge in [-0.25, -0.2) is 4.98 Å². The smallest absolute Gasteiger partial charge is 0.227 e. The lowest BCUT2D eigenvalue weighted by Crippen LogP contribution is -2.24. The summed E-state index contributed by atoms with van der Waals surface area (Å²) in [6.07, 6.45) is 0.456. The number of fused-ring (bicyclic) bond motifs is 1. The summed E-state index contributed by atoms with van der Waals surface area (Å²) < 4.78 is 7.85. The largest absolute Gasteiger partial charge is 0.494 e. The predicted octanol–water partition coefficient (Wildman–Crippen LogP) is 5.56. The summed E-state index contributed by atoms with van der Waals surface area (Å²) in [7, 11) is 0. The number of carbonyl (C=O) groups excluding carboxylic acids is 1. The van der Waals surface area contributed by atoms with Gasteiger partial charge in [-0.05, 0) is 55.8 Å². The van der Waals surface area contributed by atoms with Crippen molar-refractivity contribution < 1.29 is 9.53 Å². The first-order chi connectivity index (χ1) is 15.7. The van der Waals surface area contributed by atoms with Gasteiger partial charge in [0.05, 0.1) is 23.7 Å². The fourth-order valence-electron chi connectivity index (χ4n) is 4.66. The van der Waals surface area contributed by atoms with Crippen LogP contribution < -0.4 is 9.64 Å². The number of benzene rings is 3. The minimum Gasteiger partial charge on any atom is -0.494 e. The normalized spacial score (nSPS) is 17.1. The number of para-hydroxylation sites is 2. The Morgan fingerprint density at radius 1 is 1.00 bits per heavy atom. The Kier molecular flexibility index (Phi) is 5.39. The van der Waals surface area contributed by atoms with Gasteiger partial charge < -0.3 is 14.2 Å². The third-order valence-electron chi connectivity index (χ3n) is 6.24. The predicted molar refractivity (Wildman–Crippen MR) is 127 cm³/mol. The highest BCUT2D eigenvalue weighted by Gasteiger charge is 2.35. The van der Waals surface area contributed by atoms with Gasteiger partial charge in [-0.2, -0.15) is 0 Å². The number of amides is 1. The van der Waals surface area contributed by atoms with Crippen LogP contribution in [0.25, 0.3) is 11.0 Å². The molecule has 0 saturated carbocycles. The molecule has 2 atom stereocenters. The number of nitrogens with zero attached hydrogens (tertiary/aromatic N) is 3. The lowest BCUT2D eigenvalue weighted by atomic mass is 10.0. The average Bonchev–Trinajstić information content (AvgIpc) is 3.40. The number of ether oxygens (including phenoxy) is 1. The zero-order valence-electron chi connectivity index (χ0n) is 18.4. The van der Waals surface area contributed by atoms with Crippen LogP contribution in [0.1, 0.15) is 43.6 Å². The maximum absolute atomic E-state index is 13.0. The Balaban J connectivity index is 1.50. The van der Waals surface area contributed by atoms with Crippen LogP contribution in [0.4, 0.5) is 5.69 Å². The van der Waals surface area contributed by atoms with E-state index in [-0.39, 0.29) is 17.9 Å². The van der Waals surface area contributed by atoms with Gasteiger partial charge in [0.2, 0.25) is 5.91 Å². The molecule has 0 radical (unpaired) electrons. The van der Waals surface area contributed by atoms with E-state index in [1.807, 2.05) is 60.4 Å². The van der Waals surface area contributed by atoms with Crippen molar-refractivity contribution in [1.29, 1.82) is 0 Å². The molecular weight excluding hydrogens is 398 g/mol. The molecule has 4 aromatic rings. The minimum absolute atomic E-state index is 0.0348. The first-order valence-corrected chi connectivity index (χ1v) is 11.2. The molecule has 3 aromatic carbocycles. The summed E-state index contributed by atoms with van der Waals surface area (Å²) in [5.41, 5.74) is 4.20. The molecular formula is C27H27N3O2. The minimum atomic E-state index is 0.0348. The molecule has 162 valence electrons. The summed E-state index contributed by atoms with van der Waals surface area (Å²) in [5, 5.41) is 0. The molecule has 1 fully saturated rings. The van der Waals surface area contributed by atoms with Gasteiger partial charge in [-0.3, -0.25) is 4.79 Å². The Bertz CT molecular complexity index is 1230. The molecule has 1 aliphatic heterocycles. The zero-order chi connectivity index (χ0) is 22.1. The van der Waals surface area contributed by atoms with Gasteiger partial charge in [0.15, 0.2) is 0 Å². The van der Waals surface area contributed by atoms with Crippen LogP contribution in [0.15, 0.2) is 78.9 Å². The first-order valence-electron chi connectivity index (χ1n) is 11.2. The highest BCUT2D eigenvalue weighted by atomic mass is 16.5. The molecule has 32 heavy (non-hydrogen) atoms. The summed E-state index contributed by atoms with van der Waals surface area (Å²) in [5.74, 6) is 1.96. The number of hydrogen-bond acceptors (Lipinski definition) is 3. The van der Waals surface area contributed by atoms with E-state index in [4.69, 9.17) is 9.72 Å². The van der Waals surface area contributed by atoms with E-state index in [2.05, 4.69) is 41.8 Å². The summed E-state index contributed by atoms with van der Waals surface area (Å²) in [6, 6.07) is 26.6. The van der Waals surface area contributed by atoms with Crippen molar-refractivity contribution in [2.45, 2.75) is 32.2 Å². The van der Waals surface area contributed by atoms with Crippen LogP contribution in [-0.2, 0) is 4.79 Å². The van der Waals surface area contributed by atoms with Crippen LogP contribution in [0, 0.1) is 0 Å². The molecule has 5 rings (SSSR count). The van der Waals surface area contributed by atoms with Crippen molar-refractivity contribution in [2.24, 2.45) is 0 Å². The summed E-state index contributed by atoms with van der Waals surface area (Å²) in [4.78, 5) is 19.9. The third-order valence-corrected chi connectivity index (χ3v) is 6.24. The molecule has 5 nitrogen and oxygen atoms in total. The van der Waals surface area contributed by atoms with Gasteiger partial charge in [0.1, 0.15) is 11.6 Å². The van der Waals surface area contributed by atoms with Gasteiger partial charge in [-0.15, -0.1) is 0 Å². The Labute approximate surface area is 188 Å². The van der Waals surface area contributed by atoms with Gasteiger partial charge in [0, 0.05) is 24.6 Å². The van der Waals surface area contributed by atoms with E-state index >= 15 is 0 Å². The second kappa shape index (κ2) is 8.50. The van der Waals surface area contributed by atoms with Crippen LogP contribution >= 0.6 is 0 Å². The molecule has 1 aliphatic rings. The van der Waals surface area contributed by atoms with Crippen molar-refractivity contribution >= 4 is 22.6 Å². The lowest BCUT2D eigenvalue weighted by Gasteiger charge is -2.21. The first kappa shape index (κ1) is 20.3. The summed E-state index contributed by atoms with van der Waals surface area (Å²) >= 11 is 0. The van der Waals surface area contributed by atoms with Gasteiger partial charge in [-0.1, -0.05) is 42.5 Å². The van der Waals surface area contributed by atoms with Gasteiger partial charge in [0.25, 0.3) is 0 Å². The maximum Gasteiger partial charge on any atom is 0.227 e. The third kappa shape index (κ3) is 3.64. The Hall–Kier alpha value is -3.60. The molecule has 2 heterocycles. The highest BCUT2D eigenvalue weighted by Crippen LogP contribution is 2.36. The van der Waals surface area contributed by atoms with Crippen molar-refractivity contribution in [2.75, 3.05) is 18.1 Å². The topological polar surface area (TPSA) is 47.4 Å². The van der Waals surface area contributed by atoms with Crippen LogP contribution in [0.3, 0.4) is 0 Å². The Morgan fingerprint density at radius 2 is 1.72 bits per heavy atom. The number of rotatable bonds is 6. The van der Waals surface area contributed by atoms with E-state index in [1.165, 1.54) is 5.56 Å². The molecule has 0 bridgehead atoms. The Morgan fingerprint density at radius 3 is 2.47 bits per heavy atom. The summed E-state index contributed by atoms with van der Waals surface area (Å²) in [6.45, 7) is 5.41. The molecule has 5 heteroatoms. The second-order valence-corrected chi connectivity index (χ2v) is 8.25. The number of anilines is 1. The number of hydrogen-bond donors (Lipinski definition) is 0. The van der Waals surface area contributed by atoms with Crippen molar-refractivity contribution in [3.63, 3.8) is 0 Å². The lowest BCUT2D eigenvalue weighted by molar-refractivity contribution is -0.117. The monoisotopic (exact) mass is 425 g/mol. The standard InChI is InChI=1S/C27H27N3O2/c1-3-32-23-15-13-22(14-16-23)29-18-21(17-26(29)31)27-28-24-11-7-8-12-25(24)30(27)19(2)20-9-5-4-6-10-20/h4-16,19,21H,3,17-18H2,1-2H3. The molecule has 0 spiro atoms. The van der Waals surface area contributed by atoms with Gasteiger partial charge >= 0.3 is 0 Å². The van der Waals surface area contributed by atoms with Crippen LogP contribution in [0.5, 0.6) is 5.75 Å². The number of aromatic nitrogens is 2. The highest BCUT2D eigenvalue weighted by molar-refractivity contribution is 5.96. The molecule has 2 unspecified atom stereocenters. The SMILES string of the molecule is CCOc1ccc(N2CC(c3nc4ccccc4n3C(C)c3ccccc3)CC2=O)cc1. The fourth-order valence-corrected chi connectivity index (χ4v) is 4.66. The zero-order valence-corrected chi connectivity index (χ0v) is 18.4. The fraction of sp³-hybridized carbons (Fsp3) is 0.259. The van der Waals surface area contributed by atoms with E-state index in [0.717, 1.165) is 28.3 Å².